The minimum absolute atomic E-state index is 0.179. The molecule has 0 aliphatic rings. The first kappa shape index (κ1) is 16.8. The van der Waals surface area contributed by atoms with Crippen LogP contribution in [-0.2, 0) is 4.79 Å². The summed E-state index contributed by atoms with van der Waals surface area (Å²) in [6.07, 6.45) is 3.34. The summed E-state index contributed by atoms with van der Waals surface area (Å²) in [5, 5.41) is 2.85. The number of amides is 1. The fraction of sp³-hybridized carbons (Fsp3) is 0.250. The zero-order valence-corrected chi connectivity index (χ0v) is 14.1. The Morgan fingerprint density at radius 3 is 2.43 bits per heavy atom. The number of hydrogen-bond donors (Lipinski definition) is 1. The fourth-order valence-corrected chi connectivity index (χ4v) is 2.26. The molecule has 0 fully saturated rings. The number of ether oxygens (including phenoxy) is 1. The molecule has 3 heteroatoms. The molecule has 0 saturated carbocycles. The Kier molecular flexibility index (Phi) is 5.58. The summed E-state index contributed by atoms with van der Waals surface area (Å²) in [7, 11) is 1.59. The maximum atomic E-state index is 12.1. The van der Waals surface area contributed by atoms with Crippen LogP contribution in [0.1, 0.15) is 36.5 Å². The van der Waals surface area contributed by atoms with Crippen molar-refractivity contribution in [3.8, 4) is 5.75 Å². The number of aryl methyl sites for hydroxylation is 1. The number of nitrogens with one attached hydrogen (secondary N) is 1. The van der Waals surface area contributed by atoms with Gasteiger partial charge in [-0.1, -0.05) is 44.2 Å². The first-order valence-corrected chi connectivity index (χ1v) is 7.73. The fourth-order valence-electron chi connectivity index (χ4n) is 2.26. The lowest BCUT2D eigenvalue weighted by Gasteiger charge is -2.09. The van der Waals surface area contributed by atoms with Crippen LogP contribution in [0.2, 0.25) is 0 Å². The van der Waals surface area contributed by atoms with Gasteiger partial charge < -0.3 is 10.1 Å². The van der Waals surface area contributed by atoms with Crippen molar-refractivity contribution >= 4 is 17.7 Å². The Bertz CT molecular complexity index is 700. The number of methoxy groups -OCH3 is 1. The molecule has 0 aliphatic heterocycles. The van der Waals surface area contributed by atoms with E-state index in [2.05, 4.69) is 31.3 Å². The molecular formula is C20H23NO2. The average Bonchev–Trinajstić information content (AvgIpc) is 2.53. The summed E-state index contributed by atoms with van der Waals surface area (Å²) in [4.78, 5) is 12.1. The van der Waals surface area contributed by atoms with Crippen LogP contribution in [0, 0.1) is 6.92 Å². The van der Waals surface area contributed by atoms with E-state index >= 15 is 0 Å². The molecule has 1 amide bonds. The largest absolute Gasteiger partial charge is 0.495 e. The summed E-state index contributed by atoms with van der Waals surface area (Å²) in [6.45, 7) is 6.29. The molecule has 0 spiro atoms. The Labute approximate surface area is 138 Å². The minimum Gasteiger partial charge on any atom is -0.495 e. The van der Waals surface area contributed by atoms with Crippen molar-refractivity contribution in [2.45, 2.75) is 26.7 Å². The highest BCUT2D eigenvalue weighted by Crippen LogP contribution is 2.25. The summed E-state index contributed by atoms with van der Waals surface area (Å²) >= 11 is 0. The predicted molar refractivity (Wildman–Crippen MR) is 95.9 cm³/mol. The first-order valence-electron chi connectivity index (χ1n) is 7.73. The number of anilines is 1. The van der Waals surface area contributed by atoms with E-state index in [-0.39, 0.29) is 5.91 Å². The van der Waals surface area contributed by atoms with Gasteiger partial charge in [-0.3, -0.25) is 4.79 Å². The van der Waals surface area contributed by atoms with Crippen molar-refractivity contribution in [1.29, 1.82) is 0 Å². The Morgan fingerprint density at radius 2 is 1.83 bits per heavy atom. The smallest absolute Gasteiger partial charge is 0.248 e. The van der Waals surface area contributed by atoms with Gasteiger partial charge in [0, 0.05) is 6.08 Å². The van der Waals surface area contributed by atoms with Gasteiger partial charge in [0.15, 0.2) is 0 Å². The van der Waals surface area contributed by atoms with Crippen LogP contribution in [0.25, 0.3) is 6.08 Å². The number of carbonyl (C=O) groups is 1. The Balaban J connectivity index is 2.05. The second kappa shape index (κ2) is 7.63. The average molecular weight is 309 g/mol. The molecule has 0 atom stereocenters. The standard InChI is InChI=1S/C20H23NO2/c1-14(2)17-9-6-16(7-10-17)8-12-20(22)21-18-13-15(3)5-11-19(18)23-4/h5-14H,1-4H3,(H,21,22)/b12-8+. The van der Waals surface area contributed by atoms with Gasteiger partial charge in [-0.25, -0.2) is 0 Å². The van der Waals surface area contributed by atoms with Gasteiger partial charge in [-0.2, -0.15) is 0 Å². The molecule has 0 aliphatic carbocycles. The van der Waals surface area contributed by atoms with E-state index in [1.54, 1.807) is 7.11 Å². The Hall–Kier alpha value is -2.55. The van der Waals surface area contributed by atoms with Gasteiger partial charge in [0.2, 0.25) is 5.91 Å². The van der Waals surface area contributed by atoms with Crippen molar-refractivity contribution in [3.63, 3.8) is 0 Å². The van der Waals surface area contributed by atoms with E-state index in [1.807, 2.05) is 43.3 Å². The van der Waals surface area contributed by atoms with Crippen LogP contribution >= 0.6 is 0 Å². The molecule has 0 saturated heterocycles. The molecule has 23 heavy (non-hydrogen) atoms. The lowest BCUT2D eigenvalue weighted by molar-refractivity contribution is -0.111. The summed E-state index contributed by atoms with van der Waals surface area (Å²) in [6, 6.07) is 13.9. The van der Waals surface area contributed by atoms with Crippen molar-refractivity contribution in [2.75, 3.05) is 12.4 Å². The monoisotopic (exact) mass is 309 g/mol. The summed E-state index contributed by atoms with van der Waals surface area (Å²) < 4.78 is 5.26. The van der Waals surface area contributed by atoms with Gasteiger partial charge >= 0.3 is 0 Å². The number of benzene rings is 2. The van der Waals surface area contributed by atoms with Gasteiger partial charge in [-0.15, -0.1) is 0 Å². The van der Waals surface area contributed by atoms with E-state index < -0.39 is 0 Å². The SMILES string of the molecule is COc1ccc(C)cc1NC(=O)/C=C/c1ccc(C(C)C)cc1. The normalized spacial score (nSPS) is 11.0. The summed E-state index contributed by atoms with van der Waals surface area (Å²) in [5.41, 5.74) is 4.03. The maximum absolute atomic E-state index is 12.1. The zero-order chi connectivity index (χ0) is 16.8. The van der Waals surface area contributed by atoms with Crippen LogP contribution in [0.5, 0.6) is 5.75 Å². The molecule has 3 nitrogen and oxygen atoms in total. The predicted octanol–water partition coefficient (Wildman–Crippen LogP) is 4.78. The van der Waals surface area contributed by atoms with Crippen molar-refractivity contribution in [2.24, 2.45) is 0 Å². The number of rotatable bonds is 5. The quantitative estimate of drug-likeness (QED) is 0.807. The van der Waals surface area contributed by atoms with E-state index in [9.17, 15) is 4.79 Å². The van der Waals surface area contributed by atoms with E-state index in [4.69, 9.17) is 4.74 Å². The molecule has 2 rings (SSSR count). The van der Waals surface area contributed by atoms with Crippen LogP contribution in [0.15, 0.2) is 48.5 Å². The topological polar surface area (TPSA) is 38.3 Å². The van der Waals surface area contributed by atoms with E-state index in [0.717, 1.165) is 11.1 Å². The van der Waals surface area contributed by atoms with E-state index in [1.165, 1.54) is 11.6 Å². The number of hydrogen-bond acceptors (Lipinski definition) is 2. The molecule has 2 aromatic carbocycles. The van der Waals surface area contributed by atoms with Crippen LogP contribution < -0.4 is 10.1 Å². The van der Waals surface area contributed by atoms with Gasteiger partial charge in [0.05, 0.1) is 12.8 Å². The molecule has 0 radical (unpaired) electrons. The molecule has 0 bridgehead atoms. The lowest BCUT2D eigenvalue weighted by atomic mass is 10.0. The van der Waals surface area contributed by atoms with Crippen molar-refractivity contribution < 1.29 is 9.53 Å². The van der Waals surface area contributed by atoms with Crippen LogP contribution in [-0.4, -0.2) is 13.0 Å². The third-order valence-corrected chi connectivity index (χ3v) is 3.64. The highest BCUT2D eigenvalue weighted by molar-refractivity contribution is 6.02. The van der Waals surface area contributed by atoms with E-state index in [0.29, 0.717) is 17.4 Å². The second-order valence-corrected chi connectivity index (χ2v) is 5.85. The highest BCUT2D eigenvalue weighted by atomic mass is 16.5. The minimum atomic E-state index is -0.179. The zero-order valence-electron chi connectivity index (χ0n) is 14.1. The van der Waals surface area contributed by atoms with Crippen LogP contribution in [0.3, 0.4) is 0 Å². The van der Waals surface area contributed by atoms with Gasteiger partial charge in [0.1, 0.15) is 5.75 Å². The summed E-state index contributed by atoms with van der Waals surface area (Å²) in [5.74, 6) is 0.977. The van der Waals surface area contributed by atoms with Gasteiger partial charge in [0.25, 0.3) is 0 Å². The lowest BCUT2D eigenvalue weighted by Crippen LogP contribution is -2.09. The third kappa shape index (κ3) is 4.71. The van der Waals surface area contributed by atoms with Gasteiger partial charge in [-0.05, 0) is 47.7 Å². The Morgan fingerprint density at radius 1 is 1.13 bits per heavy atom. The van der Waals surface area contributed by atoms with Crippen molar-refractivity contribution in [3.05, 3.63) is 65.2 Å². The highest BCUT2D eigenvalue weighted by Gasteiger charge is 2.05. The first-order chi connectivity index (χ1) is 11.0. The molecule has 0 heterocycles. The number of carbonyl (C=O) groups excluding carboxylic acids is 1. The molecule has 2 aromatic rings. The van der Waals surface area contributed by atoms with Crippen LogP contribution in [0.4, 0.5) is 5.69 Å². The molecular weight excluding hydrogens is 286 g/mol. The molecule has 1 N–H and O–H groups in total. The van der Waals surface area contributed by atoms with Crippen molar-refractivity contribution in [1.82, 2.24) is 0 Å². The molecule has 120 valence electrons. The maximum Gasteiger partial charge on any atom is 0.248 e. The molecule has 0 unspecified atom stereocenters. The molecule has 0 aromatic heterocycles. The third-order valence-electron chi connectivity index (χ3n) is 3.64. The second-order valence-electron chi connectivity index (χ2n) is 5.85.